The van der Waals surface area contributed by atoms with Crippen molar-refractivity contribution in [1.82, 2.24) is 9.55 Å². The van der Waals surface area contributed by atoms with E-state index in [1.807, 2.05) is 0 Å². The van der Waals surface area contributed by atoms with E-state index in [-0.39, 0.29) is 23.3 Å². The number of hydrogen-bond donors (Lipinski definition) is 1. The molecule has 2 amide bonds. The van der Waals surface area contributed by atoms with Crippen LogP contribution in [0, 0.1) is 0 Å². The zero-order chi connectivity index (χ0) is 27.3. The van der Waals surface area contributed by atoms with Gasteiger partial charge in [0, 0.05) is 41.7 Å². The highest BCUT2D eigenvalue weighted by atomic mass is 32.2. The average molecular weight is 529 g/mol. The number of nitrogens with zero attached hydrogens (tertiary/aromatic N) is 3. The molecule has 0 spiro atoms. The molecule has 198 valence electrons. The number of amides is 2. The molecule has 0 saturated carbocycles. The number of aromatic nitrogens is 2. The van der Waals surface area contributed by atoms with Crippen molar-refractivity contribution in [1.29, 1.82) is 0 Å². The van der Waals surface area contributed by atoms with E-state index in [0.717, 1.165) is 50.9 Å². The summed E-state index contributed by atoms with van der Waals surface area (Å²) in [5.41, 5.74) is -1.09. The minimum Gasteiger partial charge on any atom is -0.456 e. The molecule has 0 bridgehead atoms. The number of hydrogen-bond acceptors (Lipinski definition) is 13. The summed E-state index contributed by atoms with van der Waals surface area (Å²) in [5, 5.41) is 3.03. The highest BCUT2D eigenvalue weighted by molar-refractivity contribution is 7.98. The molecule has 36 heavy (non-hydrogen) atoms. The standard InChI is InChI=1S/C21H28N4O10S/c1-9(26)25(10(2)27)15-18(23-21(36-7)24(6)20(15)31)22-19-17(35-13(5)30)16(34-12(4)29)14(8-32-19)33-11(3)28/h14,16-17,19,22H,8H2,1-7H3. The molecule has 0 aliphatic carbocycles. The summed E-state index contributed by atoms with van der Waals surface area (Å²) < 4.78 is 22.7. The summed E-state index contributed by atoms with van der Waals surface area (Å²) in [5.74, 6) is -3.90. The van der Waals surface area contributed by atoms with Crippen LogP contribution >= 0.6 is 11.8 Å². The molecule has 4 atom stereocenters. The van der Waals surface area contributed by atoms with Crippen molar-refractivity contribution in [3.8, 4) is 0 Å². The van der Waals surface area contributed by atoms with Crippen LogP contribution in [0.4, 0.5) is 11.5 Å². The van der Waals surface area contributed by atoms with Crippen LogP contribution in [0.2, 0.25) is 0 Å². The van der Waals surface area contributed by atoms with E-state index < -0.39 is 59.8 Å². The van der Waals surface area contributed by atoms with Gasteiger partial charge in [-0.3, -0.25) is 33.3 Å². The lowest BCUT2D eigenvalue weighted by Crippen LogP contribution is -2.59. The van der Waals surface area contributed by atoms with Crippen molar-refractivity contribution in [2.75, 3.05) is 23.1 Å². The molecule has 2 rings (SSSR count). The second-order valence-corrected chi connectivity index (χ2v) is 8.50. The van der Waals surface area contributed by atoms with Crippen LogP contribution < -0.4 is 15.8 Å². The molecule has 14 nitrogen and oxygen atoms in total. The molecule has 1 N–H and O–H groups in total. The van der Waals surface area contributed by atoms with Gasteiger partial charge >= 0.3 is 17.9 Å². The minimum atomic E-state index is -1.37. The summed E-state index contributed by atoms with van der Waals surface area (Å²) >= 11 is 1.12. The first-order valence-corrected chi connectivity index (χ1v) is 11.9. The highest BCUT2D eigenvalue weighted by Gasteiger charge is 2.47. The van der Waals surface area contributed by atoms with Gasteiger partial charge in [-0.2, -0.15) is 0 Å². The Bertz CT molecular complexity index is 1110. The third-order valence-corrected chi connectivity index (χ3v) is 5.62. The van der Waals surface area contributed by atoms with Crippen LogP contribution in [0.5, 0.6) is 0 Å². The normalized spacial score (nSPS) is 21.2. The van der Waals surface area contributed by atoms with E-state index in [1.54, 1.807) is 6.26 Å². The number of anilines is 2. The smallest absolute Gasteiger partial charge is 0.303 e. The Labute approximate surface area is 210 Å². The number of carbonyl (C=O) groups is 5. The molecular formula is C21H28N4O10S. The Morgan fingerprint density at radius 3 is 1.97 bits per heavy atom. The maximum absolute atomic E-state index is 13.2. The predicted octanol–water partition coefficient (Wildman–Crippen LogP) is -0.0351. The summed E-state index contributed by atoms with van der Waals surface area (Å²) in [6.07, 6.45) is -3.40. The van der Waals surface area contributed by atoms with Crippen molar-refractivity contribution >= 4 is 53.0 Å². The fraction of sp³-hybridized carbons (Fsp3) is 0.571. The molecule has 15 heteroatoms. The highest BCUT2D eigenvalue weighted by Crippen LogP contribution is 2.29. The van der Waals surface area contributed by atoms with Crippen LogP contribution in [-0.2, 0) is 50.0 Å². The van der Waals surface area contributed by atoms with E-state index in [1.165, 1.54) is 7.05 Å². The monoisotopic (exact) mass is 528 g/mol. The van der Waals surface area contributed by atoms with E-state index in [4.69, 9.17) is 18.9 Å². The summed E-state index contributed by atoms with van der Waals surface area (Å²) in [6.45, 7) is 5.30. The summed E-state index contributed by atoms with van der Waals surface area (Å²) in [7, 11) is 1.42. The molecule has 2 heterocycles. The third kappa shape index (κ3) is 6.60. The Kier molecular flexibility index (Phi) is 9.58. The molecule has 1 aliphatic rings. The van der Waals surface area contributed by atoms with Crippen molar-refractivity contribution < 1.29 is 42.9 Å². The van der Waals surface area contributed by atoms with Crippen LogP contribution in [0.1, 0.15) is 34.6 Å². The zero-order valence-electron chi connectivity index (χ0n) is 20.8. The Morgan fingerprint density at radius 1 is 0.972 bits per heavy atom. The average Bonchev–Trinajstić information content (AvgIpc) is 2.75. The first-order chi connectivity index (χ1) is 16.8. The summed E-state index contributed by atoms with van der Waals surface area (Å²) in [6, 6.07) is 0. The summed E-state index contributed by atoms with van der Waals surface area (Å²) in [4.78, 5) is 78.0. The Hall–Kier alpha value is -3.46. The SMILES string of the molecule is CSc1nc(NC2OCC(OC(C)=O)C(OC(C)=O)C2OC(C)=O)c(N(C(C)=O)C(C)=O)c(=O)n1C. The van der Waals surface area contributed by atoms with Gasteiger partial charge in [-0.25, -0.2) is 9.88 Å². The first-order valence-electron chi connectivity index (χ1n) is 10.6. The zero-order valence-corrected chi connectivity index (χ0v) is 21.7. The van der Waals surface area contributed by atoms with E-state index in [9.17, 15) is 28.8 Å². The van der Waals surface area contributed by atoms with Gasteiger partial charge in [0.05, 0.1) is 6.61 Å². The van der Waals surface area contributed by atoms with Crippen LogP contribution in [0.15, 0.2) is 9.95 Å². The molecule has 1 fully saturated rings. The molecule has 1 aromatic rings. The number of imide groups is 1. The fourth-order valence-corrected chi connectivity index (χ4v) is 4.13. The molecule has 1 saturated heterocycles. The Balaban J connectivity index is 2.65. The number of carbonyl (C=O) groups excluding carboxylic acids is 5. The predicted molar refractivity (Wildman–Crippen MR) is 125 cm³/mol. The van der Waals surface area contributed by atoms with E-state index >= 15 is 0 Å². The maximum atomic E-state index is 13.2. The second-order valence-electron chi connectivity index (χ2n) is 7.73. The lowest BCUT2D eigenvalue weighted by molar-refractivity contribution is -0.221. The maximum Gasteiger partial charge on any atom is 0.303 e. The van der Waals surface area contributed by atoms with Gasteiger partial charge in [0.15, 0.2) is 41.2 Å². The number of esters is 3. The molecular weight excluding hydrogens is 500 g/mol. The van der Waals surface area contributed by atoms with Crippen LogP contribution in [-0.4, -0.2) is 76.7 Å². The van der Waals surface area contributed by atoms with E-state index in [0.29, 0.717) is 4.90 Å². The topological polar surface area (TPSA) is 172 Å². The lowest BCUT2D eigenvalue weighted by Gasteiger charge is -2.41. The van der Waals surface area contributed by atoms with Gasteiger partial charge in [-0.15, -0.1) is 0 Å². The van der Waals surface area contributed by atoms with Crippen LogP contribution in [0.3, 0.4) is 0 Å². The van der Waals surface area contributed by atoms with Gasteiger partial charge in [-0.05, 0) is 6.26 Å². The van der Waals surface area contributed by atoms with E-state index in [2.05, 4.69) is 10.3 Å². The van der Waals surface area contributed by atoms with Gasteiger partial charge < -0.3 is 24.3 Å². The van der Waals surface area contributed by atoms with Crippen LogP contribution in [0.25, 0.3) is 0 Å². The Morgan fingerprint density at radius 2 is 1.50 bits per heavy atom. The number of nitrogens with one attached hydrogen (secondary N) is 1. The third-order valence-electron chi connectivity index (χ3n) is 4.89. The number of ether oxygens (including phenoxy) is 4. The quantitative estimate of drug-likeness (QED) is 0.216. The molecule has 0 radical (unpaired) electrons. The molecule has 1 aliphatic heterocycles. The van der Waals surface area contributed by atoms with Crippen molar-refractivity contribution in [2.45, 2.75) is 64.3 Å². The van der Waals surface area contributed by atoms with Crippen molar-refractivity contribution in [2.24, 2.45) is 7.05 Å². The minimum absolute atomic E-state index is 0.220. The first kappa shape index (κ1) is 28.8. The van der Waals surface area contributed by atoms with Crippen molar-refractivity contribution in [3.63, 3.8) is 0 Å². The number of thioether (sulfide) groups is 1. The fourth-order valence-electron chi connectivity index (χ4n) is 3.59. The molecule has 4 unspecified atom stereocenters. The molecule has 0 aromatic carbocycles. The molecule has 1 aromatic heterocycles. The second kappa shape index (κ2) is 12.0. The van der Waals surface area contributed by atoms with Gasteiger partial charge in [0.2, 0.25) is 11.8 Å². The largest absolute Gasteiger partial charge is 0.456 e. The van der Waals surface area contributed by atoms with Crippen molar-refractivity contribution in [3.05, 3.63) is 10.4 Å². The van der Waals surface area contributed by atoms with Gasteiger partial charge in [0.1, 0.15) is 0 Å². The van der Waals surface area contributed by atoms with Gasteiger partial charge in [-0.1, -0.05) is 11.8 Å². The van der Waals surface area contributed by atoms with Gasteiger partial charge in [0.25, 0.3) is 5.56 Å². The number of rotatable bonds is 7. The lowest BCUT2D eigenvalue weighted by atomic mass is 10.0.